The number of aromatic nitrogens is 1. The van der Waals surface area contributed by atoms with Crippen molar-refractivity contribution in [2.24, 2.45) is 0 Å². The van der Waals surface area contributed by atoms with Crippen molar-refractivity contribution in [1.82, 2.24) is 10.3 Å². The second kappa shape index (κ2) is 6.32. The number of hydrogen-bond donors (Lipinski definition) is 2. The Morgan fingerprint density at radius 1 is 1.57 bits per heavy atom. The molecule has 1 aromatic heterocycles. The number of thiocarbonyl (C=S) groups is 1. The molecule has 0 radical (unpaired) electrons. The third-order valence-electron chi connectivity index (χ3n) is 1.72. The van der Waals surface area contributed by atoms with Crippen LogP contribution in [0.15, 0.2) is 24.4 Å². The molecule has 3 nitrogen and oxygen atoms in total. The number of hydrogen-bond acceptors (Lipinski definition) is 2. The van der Waals surface area contributed by atoms with Gasteiger partial charge in [0.1, 0.15) is 5.82 Å². The zero-order valence-corrected chi connectivity index (χ0v) is 9.10. The van der Waals surface area contributed by atoms with Gasteiger partial charge >= 0.3 is 0 Å². The van der Waals surface area contributed by atoms with E-state index in [0.717, 1.165) is 18.8 Å². The highest BCUT2D eigenvalue weighted by Gasteiger charge is 1.95. The second-order valence-electron chi connectivity index (χ2n) is 2.95. The lowest BCUT2D eigenvalue weighted by molar-refractivity contribution is 0.758. The van der Waals surface area contributed by atoms with Crippen molar-refractivity contribution >= 4 is 23.1 Å². The predicted molar refractivity (Wildman–Crippen MR) is 67.6 cm³/mol. The minimum atomic E-state index is 0. The van der Waals surface area contributed by atoms with Gasteiger partial charge in [-0.15, -0.1) is 0 Å². The van der Waals surface area contributed by atoms with Gasteiger partial charge in [-0.1, -0.05) is 19.4 Å². The molecular weight excluding hydrogens is 194 g/mol. The zero-order chi connectivity index (χ0) is 10.2. The average molecular weight is 213 g/mol. The van der Waals surface area contributed by atoms with E-state index in [9.17, 15) is 0 Å². The van der Waals surface area contributed by atoms with Gasteiger partial charge in [0.05, 0.1) is 0 Å². The van der Waals surface area contributed by atoms with Crippen LogP contribution in [0.1, 0.15) is 22.6 Å². The van der Waals surface area contributed by atoms with Crippen LogP contribution in [0.4, 0.5) is 5.82 Å². The van der Waals surface area contributed by atoms with Gasteiger partial charge in [-0.25, -0.2) is 4.98 Å². The molecule has 0 spiro atoms. The molecule has 0 saturated carbocycles. The molecule has 2 N–H and O–H groups in total. The maximum atomic E-state index is 5.09. The van der Waals surface area contributed by atoms with Crippen molar-refractivity contribution in [3.8, 4) is 0 Å². The Balaban J connectivity index is 0. The fraction of sp³-hybridized carbons (Fsp3) is 0.400. The molecule has 0 aliphatic carbocycles. The van der Waals surface area contributed by atoms with Crippen molar-refractivity contribution in [1.29, 1.82) is 0 Å². The third kappa shape index (κ3) is 4.18. The molecule has 4 heteroatoms. The summed E-state index contributed by atoms with van der Waals surface area (Å²) in [6.07, 6.45) is 4.03. The standard InChI is InChI=1S/C10H15N3S.2H2/c1-2-3-7-12-10(14)13-9-6-4-5-8-11-9;;/h4-6,8H,2-3,7H2,1H3,(H2,11,12,13,14);2*1H. The minimum absolute atomic E-state index is 0. The van der Waals surface area contributed by atoms with Crippen LogP contribution in [0.25, 0.3) is 0 Å². The molecule has 80 valence electrons. The summed E-state index contributed by atoms with van der Waals surface area (Å²) in [6, 6.07) is 5.68. The van der Waals surface area contributed by atoms with Crippen LogP contribution in [0.2, 0.25) is 0 Å². The molecule has 0 atom stereocenters. The molecule has 0 aliphatic heterocycles. The molecule has 0 bridgehead atoms. The molecule has 0 fully saturated rings. The van der Waals surface area contributed by atoms with E-state index in [2.05, 4.69) is 22.5 Å². The van der Waals surface area contributed by atoms with E-state index in [-0.39, 0.29) is 2.85 Å². The van der Waals surface area contributed by atoms with E-state index in [0.29, 0.717) is 5.11 Å². The Bertz CT molecular complexity index is 283. The van der Waals surface area contributed by atoms with Crippen LogP contribution in [-0.4, -0.2) is 16.6 Å². The van der Waals surface area contributed by atoms with Crippen LogP contribution in [0.3, 0.4) is 0 Å². The van der Waals surface area contributed by atoms with E-state index in [1.165, 1.54) is 6.42 Å². The van der Waals surface area contributed by atoms with E-state index in [1.54, 1.807) is 6.20 Å². The summed E-state index contributed by atoms with van der Waals surface area (Å²) in [6.45, 7) is 3.06. The lowest BCUT2D eigenvalue weighted by atomic mass is 10.3. The van der Waals surface area contributed by atoms with Gasteiger partial charge in [0, 0.05) is 15.6 Å². The second-order valence-corrected chi connectivity index (χ2v) is 3.36. The Morgan fingerprint density at radius 2 is 2.43 bits per heavy atom. The quantitative estimate of drug-likeness (QED) is 0.595. The van der Waals surface area contributed by atoms with E-state index in [4.69, 9.17) is 12.2 Å². The predicted octanol–water partition coefficient (Wildman–Crippen LogP) is 2.66. The summed E-state index contributed by atoms with van der Waals surface area (Å²) in [4.78, 5) is 4.11. The first-order valence-corrected chi connectivity index (χ1v) is 5.19. The van der Waals surface area contributed by atoms with Crippen LogP contribution >= 0.6 is 12.2 Å². The molecule has 1 aromatic rings. The lowest BCUT2D eigenvalue weighted by Gasteiger charge is -2.08. The molecule has 0 saturated heterocycles. The molecule has 0 amide bonds. The Kier molecular flexibility index (Phi) is 4.93. The highest BCUT2D eigenvalue weighted by Crippen LogP contribution is 1.98. The number of nitrogens with one attached hydrogen (secondary N) is 2. The van der Waals surface area contributed by atoms with Crippen molar-refractivity contribution in [2.75, 3.05) is 11.9 Å². The normalized spacial score (nSPS) is 9.50. The van der Waals surface area contributed by atoms with E-state index < -0.39 is 0 Å². The molecule has 0 aliphatic rings. The Labute approximate surface area is 92.9 Å². The molecular formula is C10H19N3S. The molecule has 1 heterocycles. The topological polar surface area (TPSA) is 37.0 Å². The fourth-order valence-electron chi connectivity index (χ4n) is 0.976. The van der Waals surface area contributed by atoms with Crippen LogP contribution < -0.4 is 10.6 Å². The number of nitrogens with zero attached hydrogens (tertiary/aromatic N) is 1. The van der Waals surface area contributed by atoms with Gasteiger partial charge in [-0.2, -0.15) is 0 Å². The largest absolute Gasteiger partial charge is 0.362 e. The van der Waals surface area contributed by atoms with Gasteiger partial charge in [0.25, 0.3) is 0 Å². The summed E-state index contributed by atoms with van der Waals surface area (Å²) >= 11 is 5.09. The maximum Gasteiger partial charge on any atom is 0.171 e. The van der Waals surface area contributed by atoms with Crippen LogP contribution in [0.5, 0.6) is 0 Å². The van der Waals surface area contributed by atoms with Crippen molar-refractivity contribution in [3.63, 3.8) is 0 Å². The van der Waals surface area contributed by atoms with E-state index >= 15 is 0 Å². The van der Waals surface area contributed by atoms with Gasteiger partial charge in [-0.05, 0) is 30.8 Å². The van der Waals surface area contributed by atoms with E-state index in [1.807, 2.05) is 18.2 Å². The zero-order valence-electron chi connectivity index (χ0n) is 8.29. The molecule has 1 rings (SSSR count). The summed E-state index contributed by atoms with van der Waals surface area (Å²) in [5, 5.41) is 6.76. The number of pyridine rings is 1. The Morgan fingerprint density at radius 3 is 3.07 bits per heavy atom. The fourth-order valence-corrected chi connectivity index (χ4v) is 1.18. The monoisotopic (exact) mass is 213 g/mol. The first-order valence-electron chi connectivity index (χ1n) is 4.79. The van der Waals surface area contributed by atoms with Crippen LogP contribution in [-0.2, 0) is 0 Å². The van der Waals surface area contributed by atoms with Crippen molar-refractivity contribution in [2.45, 2.75) is 19.8 Å². The molecule has 14 heavy (non-hydrogen) atoms. The SMILES string of the molecule is CCCCNC(=S)Nc1ccccn1.[HH].[HH]. The van der Waals surface area contributed by atoms with Gasteiger partial charge < -0.3 is 10.6 Å². The first kappa shape index (κ1) is 10.9. The summed E-state index contributed by atoms with van der Waals surface area (Å²) < 4.78 is 0. The summed E-state index contributed by atoms with van der Waals surface area (Å²) in [5.41, 5.74) is 0. The smallest absolute Gasteiger partial charge is 0.171 e. The van der Waals surface area contributed by atoms with Crippen molar-refractivity contribution < 1.29 is 2.85 Å². The number of unbranched alkanes of at least 4 members (excludes halogenated alkanes) is 1. The highest BCUT2D eigenvalue weighted by atomic mass is 32.1. The summed E-state index contributed by atoms with van der Waals surface area (Å²) in [5.74, 6) is 0.779. The minimum Gasteiger partial charge on any atom is -0.362 e. The van der Waals surface area contributed by atoms with Crippen molar-refractivity contribution in [3.05, 3.63) is 24.4 Å². The highest BCUT2D eigenvalue weighted by molar-refractivity contribution is 7.80. The van der Waals surface area contributed by atoms with Crippen LogP contribution in [0, 0.1) is 0 Å². The first-order chi connectivity index (χ1) is 6.83. The van der Waals surface area contributed by atoms with Gasteiger partial charge in [-0.3, -0.25) is 0 Å². The third-order valence-corrected chi connectivity index (χ3v) is 1.97. The molecule has 0 unspecified atom stereocenters. The van der Waals surface area contributed by atoms with Gasteiger partial charge in [0.15, 0.2) is 5.11 Å². The summed E-state index contributed by atoms with van der Waals surface area (Å²) in [7, 11) is 0. The lowest BCUT2D eigenvalue weighted by Crippen LogP contribution is -2.29. The van der Waals surface area contributed by atoms with Gasteiger partial charge in [0.2, 0.25) is 0 Å². The molecule has 0 aromatic carbocycles. The Hall–Kier alpha value is -1.16. The number of anilines is 1. The average Bonchev–Trinajstić information content (AvgIpc) is 2.20. The number of rotatable bonds is 4. The maximum absolute atomic E-state index is 5.09.